The molecule has 3 rings (SSSR count). The van der Waals surface area contributed by atoms with Crippen molar-refractivity contribution in [1.82, 2.24) is 14.8 Å². The summed E-state index contributed by atoms with van der Waals surface area (Å²) in [4.78, 5) is 12.4. The van der Waals surface area contributed by atoms with Gasteiger partial charge in [0.1, 0.15) is 0 Å². The summed E-state index contributed by atoms with van der Waals surface area (Å²) in [5.41, 5.74) is 2.92. The third-order valence-corrected chi connectivity index (χ3v) is 5.70. The molecular formula is C21H22ClN3OS. The molecule has 0 aliphatic heterocycles. The zero-order chi connectivity index (χ0) is 19.6. The fourth-order valence-electron chi connectivity index (χ4n) is 2.71. The molecule has 0 aliphatic carbocycles. The van der Waals surface area contributed by atoms with Crippen LogP contribution >= 0.6 is 23.4 Å². The van der Waals surface area contributed by atoms with Crippen molar-refractivity contribution in [2.45, 2.75) is 31.3 Å². The molecule has 0 saturated carbocycles. The number of carbonyl (C=O) groups is 1. The van der Waals surface area contributed by atoms with Gasteiger partial charge < -0.3 is 4.57 Å². The molecule has 0 fully saturated rings. The average Bonchev–Trinajstić information content (AvgIpc) is 3.00. The molecule has 0 N–H and O–H groups in total. The van der Waals surface area contributed by atoms with E-state index < -0.39 is 0 Å². The van der Waals surface area contributed by atoms with Crippen LogP contribution in [0.4, 0.5) is 0 Å². The number of halogens is 1. The molecule has 3 aromatic rings. The van der Waals surface area contributed by atoms with Crippen molar-refractivity contribution in [2.75, 3.05) is 5.75 Å². The summed E-state index contributed by atoms with van der Waals surface area (Å²) in [6, 6.07) is 15.5. The Kier molecular flexibility index (Phi) is 5.72. The molecule has 6 heteroatoms. The van der Waals surface area contributed by atoms with E-state index in [1.54, 1.807) is 12.1 Å². The van der Waals surface area contributed by atoms with E-state index in [2.05, 4.69) is 55.2 Å². The van der Waals surface area contributed by atoms with Crippen molar-refractivity contribution >= 4 is 29.1 Å². The number of Topliss-reactive ketones (excluding diaryl/α,β-unsaturated/α-hetero) is 1. The van der Waals surface area contributed by atoms with Crippen LogP contribution in [0.5, 0.6) is 0 Å². The lowest BCUT2D eigenvalue weighted by molar-refractivity contribution is 0.102. The van der Waals surface area contributed by atoms with E-state index in [1.807, 2.05) is 23.7 Å². The third-order valence-electron chi connectivity index (χ3n) is 4.35. The van der Waals surface area contributed by atoms with Crippen molar-refractivity contribution in [3.63, 3.8) is 0 Å². The van der Waals surface area contributed by atoms with Gasteiger partial charge in [-0.05, 0) is 23.1 Å². The second kappa shape index (κ2) is 7.87. The first-order chi connectivity index (χ1) is 12.8. The molecule has 0 atom stereocenters. The second-order valence-corrected chi connectivity index (χ2v) is 8.73. The Morgan fingerprint density at radius 3 is 2.37 bits per heavy atom. The highest BCUT2D eigenvalue weighted by Crippen LogP contribution is 2.27. The summed E-state index contributed by atoms with van der Waals surface area (Å²) in [6.07, 6.45) is 0. The van der Waals surface area contributed by atoms with Gasteiger partial charge in [-0.15, -0.1) is 10.2 Å². The van der Waals surface area contributed by atoms with Gasteiger partial charge in [-0.3, -0.25) is 4.79 Å². The summed E-state index contributed by atoms with van der Waals surface area (Å²) >= 11 is 7.46. The summed E-state index contributed by atoms with van der Waals surface area (Å²) in [5.74, 6) is 1.02. The normalized spacial score (nSPS) is 11.6. The van der Waals surface area contributed by atoms with Crippen LogP contribution in [0.25, 0.3) is 11.4 Å². The number of thioether (sulfide) groups is 1. The number of benzene rings is 2. The SMILES string of the molecule is Cn1c(SCC(=O)c2ccccc2Cl)nnc1-c1ccc(C(C)(C)C)cc1. The molecule has 0 radical (unpaired) electrons. The van der Waals surface area contributed by atoms with Crippen LogP contribution in [-0.2, 0) is 12.5 Å². The molecule has 27 heavy (non-hydrogen) atoms. The van der Waals surface area contributed by atoms with Gasteiger partial charge in [0.25, 0.3) is 0 Å². The number of carbonyl (C=O) groups excluding carboxylic acids is 1. The molecule has 0 bridgehead atoms. The minimum Gasteiger partial charge on any atom is -0.305 e. The Morgan fingerprint density at radius 2 is 1.74 bits per heavy atom. The van der Waals surface area contributed by atoms with E-state index in [-0.39, 0.29) is 17.0 Å². The Labute approximate surface area is 169 Å². The van der Waals surface area contributed by atoms with E-state index in [1.165, 1.54) is 17.3 Å². The Bertz CT molecular complexity index is 958. The second-order valence-electron chi connectivity index (χ2n) is 7.38. The van der Waals surface area contributed by atoms with Crippen LogP contribution in [0.1, 0.15) is 36.7 Å². The van der Waals surface area contributed by atoms with Gasteiger partial charge in [-0.25, -0.2) is 0 Å². The van der Waals surface area contributed by atoms with Gasteiger partial charge in [0, 0.05) is 18.2 Å². The van der Waals surface area contributed by atoms with E-state index in [0.29, 0.717) is 15.7 Å². The molecule has 0 amide bonds. The number of ketones is 1. The zero-order valence-electron chi connectivity index (χ0n) is 15.9. The van der Waals surface area contributed by atoms with E-state index in [4.69, 9.17) is 11.6 Å². The fourth-order valence-corrected chi connectivity index (χ4v) is 3.74. The first kappa shape index (κ1) is 19.6. The van der Waals surface area contributed by atoms with Gasteiger partial charge in [-0.1, -0.05) is 80.5 Å². The number of aromatic nitrogens is 3. The smallest absolute Gasteiger partial charge is 0.191 e. The van der Waals surface area contributed by atoms with Gasteiger partial charge in [0.2, 0.25) is 0 Å². The van der Waals surface area contributed by atoms with Crippen molar-refractivity contribution in [3.05, 3.63) is 64.7 Å². The van der Waals surface area contributed by atoms with E-state index in [9.17, 15) is 4.79 Å². The predicted molar refractivity (Wildman–Crippen MR) is 112 cm³/mol. The summed E-state index contributed by atoms with van der Waals surface area (Å²) in [5, 5.41) is 9.72. The average molecular weight is 400 g/mol. The first-order valence-corrected chi connectivity index (χ1v) is 10.0. The molecule has 1 aromatic heterocycles. The minimum absolute atomic E-state index is 0.0234. The highest BCUT2D eigenvalue weighted by Gasteiger charge is 2.17. The van der Waals surface area contributed by atoms with Crippen molar-refractivity contribution in [2.24, 2.45) is 7.05 Å². The van der Waals surface area contributed by atoms with Crippen LogP contribution < -0.4 is 0 Å². The number of hydrogen-bond donors (Lipinski definition) is 0. The van der Waals surface area contributed by atoms with Gasteiger partial charge >= 0.3 is 0 Å². The van der Waals surface area contributed by atoms with E-state index >= 15 is 0 Å². The van der Waals surface area contributed by atoms with Gasteiger partial charge in [0.05, 0.1) is 10.8 Å². The first-order valence-electron chi connectivity index (χ1n) is 8.68. The molecular weight excluding hydrogens is 378 g/mol. The maximum absolute atomic E-state index is 12.4. The molecule has 4 nitrogen and oxygen atoms in total. The summed E-state index contributed by atoms with van der Waals surface area (Å²) in [6.45, 7) is 6.57. The molecule has 0 saturated heterocycles. The number of rotatable bonds is 5. The van der Waals surface area contributed by atoms with Crippen LogP contribution in [0.3, 0.4) is 0 Å². The monoisotopic (exact) mass is 399 g/mol. The Morgan fingerprint density at radius 1 is 1.07 bits per heavy atom. The van der Waals surface area contributed by atoms with Gasteiger partial charge in [0.15, 0.2) is 16.8 Å². The highest BCUT2D eigenvalue weighted by molar-refractivity contribution is 7.99. The highest BCUT2D eigenvalue weighted by atomic mass is 35.5. The van der Waals surface area contributed by atoms with Crippen molar-refractivity contribution in [1.29, 1.82) is 0 Å². The third kappa shape index (κ3) is 4.42. The van der Waals surface area contributed by atoms with Crippen molar-refractivity contribution in [3.8, 4) is 11.4 Å². The Balaban J connectivity index is 1.74. The molecule has 0 aliphatic rings. The largest absolute Gasteiger partial charge is 0.305 e. The van der Waals surface area contributed by atoms with Crippen LogP contribution in [0.15, 0.2) is 53.7 Å². The lowest BCUT2D eigenvalue weighted by Gasteiger charge is -2.19. The van der Waals surface area contributed by atoms with Gasteiger partial charge in [-0.2, -0.15) is 0 Å². The summed E-state index contributed by atoms with van der Waals surface area (Å²) < 4.78 is 1.91. The standard InChI is InChI=1S/C21H22ClN3OS/c1-21(2,3)15-11-9-14(10-12-15)19-23-24-20(25(19)4)27-13-18(26)16-7-5-6-8-17(16)22/h5-12H,13H2,1-4H3. The lowest BCUT2D eigenvalue weighted by Crippen LogP contribution is -2.10. The van der Waals surface area contributed by atoms with E-state index in [0.717, 1.165) is 11.4 Å². The topological polar surface area (TPSA) is 47.8 Å². The molecule has 140 valence electrons. The lowest BCUT2D eigenvalue weighted by atomic mass is 9.87. The van der Waals surface area contributed by atoms with Crippen LogP contribution in [-0.4, -0.2) is 26.3 Å². The van der Waals surface area contributed by atoms with Crippen molar-refractivity contribution < 1.29 is 4.79 Å². The molecule has 0 spiro atoms. The maximum atomic E-state index is 12.4. The number of hydrogen-bond acceptors (Lipinski definition) is 4. The van der Waals surface area contributed by atoms with Crippen LogP contribution in [0, 0.1) is 0 Å². The summed E-state index contributed by atoms with van der Waals surface area (Å²) in [7, 11) is 1.91. The maximum Gasteiger partial charge on any atom is 0.191 e. The molecule has 0 unspecified atom stereocenters. The fraction of sp³-hybridized carbons (Fsp3) is 0.286. The number of nitrogens with zero attached hydrogens (tertiary/aromatic N) is 3. The van der Waals surface area contributed by atoms with Crippen LogP contribution in [0.2, 0.25) is 5.02 Å². The molecule has 2 aromatic carbocycles. The predicted octanol–water partition coefficient (Wildman–Crippen LogP) is 5.41. The Hall–Kier alpha value is -2.11. The minimum atomic E-state index is -0.0234. The quantitative estimate of drug-likeness (QED) is 0.425. The zero-order valence-corrected chi connectivity index (χ0v) is 17.4. The molecule has 1 heterocycles.